The van der Waals surface area contributed by atoms with Gasteiger partial charge in [0, 0.05) is 0 Å². The number of aliphatic hydroxyl groups excluding tert-OH is 1. The van der Waals surface area contributed by atoms with E-state index in [9.17, 15) is 5.11 Å². The maximum absolute atomic E-state index is 9.30. The van der Waals surface area contributed by atoms with E-state index < -0.39 is 6.04 Å². The molecule has 12 heavy (non-hydrogen) atoms. The fourth-order valence-electron chi connectivity index (χ4n) is 0.866. The smallest absolute Gasteiger partial charge is 0.129 e. The highest BCUT2D eigenvalue weighted by molar-refractivity contribution is 14.1. The van der Waals surface area contributed by atoms with Crippen LogP contribution in [0.5, 0.6) is 5.75 Å². The summed E-state index contributed by atoms with van der Waals surface area (Å²) in [6.45, 7) is -0.111. The zero-order valence-electron chi connectivity index (χ0n) is 6.37. The lowest BCUT2D eigenvalue weighted by Gasteiger charge is -2.08. The van der Waals surface area contributed by atoms with Gasteiger partial charge in [0.2, 0.25) is 0 Å². The Morgan fingerprint density at radius 2 is 2.17 bits per heavy atom. The number of aliphatic hydroxyl groups is 1. The number of nitrogens with two attached hydrogens (primary N) is 1. The minimum Gasteiger partial charge on any atom is -0.507 e. The third-order valence-corrected chi connectivity index (χ3v) is 2.51. The van der Waals surface area contributed by atoms with Gasteiger partial charge < -0.3 is 15.9 Å². The van der Waals surface area contributed by atoms with Crippen molar-refractivity contribution in [3.63, 3.8) is 0 Å². The van der Waals surface area contributed by atoms with Crippen molar-refractivity contribution in [3.8, 4) is 5.75 Å². The van der Waals surface area contributed by atoms with Crippen LogP contribution in [0.3, 0.4) is 0 Å². The summed E-state index contributed by atoms with van der Waals surface area (Å²) in [5, 5.41) is 18.0. The summed E-state index contributed by atoms with van der Waals surface area (Å²) >= 11 is 2.02. The van der Waals surface area contributed by atoms with Crippen molar-refractivity contribution < 1.29 is 10.2 Å². The lowest BCUT2D eigenvalue weighted by molar-refractivity contribution is 0.268. The SMILES string of the molecule is N[C@@H](CO)c1ccc(I)c(O)c1. The van der Waals surface area contributed by atoms with Crippen molar-refractivity contribution in [2.45, 2.75) is 6.04 Å². The second kappa shape index (κ2) is 4.06. The molecule has 0 bridgehead atoms. The predicted octanol–water partition coefficient (Wildman–Crippen LogP) is 0.989. The predicted molar refractivity (Wildman–Crippen MR) is 54.8 cm³/mol. The quantitative estimate of drug-likeness (QED) is 0.707. The van der Waals surface area contributed by atoms with Crippen molar-refractivity contribution in [3.05, 3.63) is 27.3 Å². The molecule has 0 unspecified atom stereocenters. The molecular weight excluding hydrogens is 269 g/mol. The Morgan fingerprint density at radius 1 is 1.50 bits per heavy atom. The van der Waals surface area contributed by atoms with Crippen molar-refractivity contribution >= 4 is 22.6 Å². The van der Waals surface area contributed by atoms with E-state index in [1.54, 1.807) is 18.2 Å². The summed E-state index contributed by atoms with van der Waals surface area (Å²) in [6, 6.07) is 4.72. The summed E-state index contributed by atoms with van der Waals surface area (Å²) in [7, 11) is 0. The lowest BCUT2D eigenvalue weighted by Crippen LogP contribution is -2.14. The highest BCUT2D eigenvalue weighted by Gasteiger charge is 2.06. The molecule has 1 rings (SSSR count). The molecule has 0 aliphatic rings. The molecule has 1 aromatic rings. The second-order valence-electron chi connectivity index (χ2n) is 2.50. The van der Waals surface area contributed by atoms with Gasteiger partial charge >= 0.3 is 0 Å². The van der Waals surface area contributed by atoms with Gasteiger partial charge in [0.15, 0.2) is 0 Å². The van der Waals surface area contributed by atoms with E-state index in [1.807, 2.05) is 22.6 Å². The first kappa shape index (κ1) is 9.76. The Morgan fingerprint density at radius 3 is 2.67 bits per heavy atom. The summed E-state index contributed by atoms with van der Waals surface area (Å²) in [5.41, 5.74) is 6.30. The van der Waals surface area contributed by atoms with Crippen LogP contribution in [0.2, 0.25) is 0 Å². The molecule has 4 heteroatoms. The molecule has 0 spiro atoms. The van der Waals surface area contributed by atoms with E-state index in [0.29, 0.717) is 0 Å². The molecule has 0 amide bonds. The van der Waals surface area contributed by atoms with Crippen molar-refractivity contribution in [1.82, 2.24) is 0 Å². The molecule has 0 heterocycles. The molecule has 0 fully saturated rings. The van der Waals surface area contributed by atoms with Gasteiger partial charge in [0.1, 0.15) is 5.75 Å². The van der Waals surface area contributed by atoms with Gasteiger partial charge in [-0.05, 0) is 40.3 Å². The maximum atomic E-state index is 9.30. The van der Waals surface area contributed by atoms with Crippen LogP contribution >= 0.6 is 22.6 Å². The molecule has 0 aliphatic heterocycles. The average Bonchev–Trinajstić information content (AvgIpc) is 2.08. The lowest BCUT2D eigenvalue weighted by atomic mass is 10.1. The Hall–Kier alpha value is -0.330. The summed E-state index contributed by atoms with van der Waals surface area (Å²) in [4.78, 5) is 0. The summed E-state index contributed by atoms with van der Waals surface area (Å²) in [6.07, 6.45) is 0. The van der Waals surface area contributed by atoms with Gasteiger partial charge in [-0.15, -0.1) is 0 Å². The van der Waals surface area contributed by atoms with Gasteiger partial charge in [-0.3, -0.25) is 0 Å². The van der Waals surface area contributed by atoms with E-state index in [0.717, 1.165) is 9.13 Å². The Bertz CT molecular complexity index is 278. The first-order valence-electron chi connectivity index (χ1n) is 3.50. The third kappa shape index (κ3) is 2.09. The van der Waals surface area contributed by atoms with E-state index >= 15 is 0 Å². The van der Waals surface area contributed by atoms with E-state index in [4.69, 9.17) is 10.8 Å². The molecule has 3 nitrogen and oxygen atoms in total. The number of hydrogen-bond acceptors (Lipinski definition) is 3. The third-order valence-electron chi connectivity index (χ3n) is 1.60. The van der Waals surface area contributed by atoms with Crippen LogP contribution < -0.4 is 5.73 Å². The fourth-order valence-corrected chi connectivity index (χ4v) is 1.20. The number of aromatic hydroxyl groups is 1. The number of halogens is 1. The number of phenolic OH excluding ortho intramolecular Hbond substituents is 1. The van der Waals surface area contributed by atoms with E-state index in [-0.39, 0.29) is 12.4 Å². The number of phenols is 1. The first-order valence-corrected chi connectivity index (χ1v) is 4.58. The van der Waals surface area contributed by atoms with Gasteiger partial charge in [0.25, 0.3) is 0 Å². The highest BCUT2D eigenvalue weighted by Crippen LogP contribution is 2.22. The van der Waals surface area contributed by atoms with Crippen molar-refractivity contribution in [1.29, 1.82) is 0 Å². The van der Waals surface area contributed by atoms with Crippen LogP contribution in [-0.2, 0) is 0 Å². The highest BCUT2D eigenvalue weighted by atomic mass is 127. The van der Waals surface area contributed by atoms with Crippen LogP contribution in [0.4, 0.5) is 0 Å². The van der Waals surface area contributed by atoms with Crippen LogP contribution in [0.1, 0.15) is 11.6 Å². The summed E-state index contributed by atoms with van der Waals surface area (Å²) in [5.74, 6) is 0.206. The largest absolute Gasteiger partial charge is 0.507 e. The standard InChI is InChI=1S/C8H10INO2/c9-6-2-1-5(3-8(6)12)7(10)4-11/h1-3,7,11-12H,4,10H2/t7-/m0/s1. The Kier molecular flexibility index (Phi) is 3.30. The van der Waals surface area contributed by atoms with Crippen LogP contribution in [0, 0.1) is 3.57 Å². The normalized spacial score (nSPS) is 12.9. The molecule has 4 N–H and O–H groups in total. The molecule has 0 aromatic heterocycles. The average molecular weight is 279 g/mol. The molecular formula is C8H10INO2. The van der Waals surface area contributed by atoms with Gasteiger partial charge in [-0.25, -0.2) is 0 Å². The second-order valence-corrected chi connectivity index (χ2v) is 3.66. The molecule has 0 saturated carbocycles. The fraction of sp³-hybridized carbons (Fsp3) is 0.250. The minimum absolute atomic E-state index is 0.111. The zero-order valence-corrected chi connectivity index (χ0v) is 8.52. The van der Waals surface area contributed by atoms with Gasteiger partial charge in [0.05, 0.1) is 16.2 Å². The Labute approximate surface area is 84.4 Å². The molecule has 1 atom stereocenters. The van der Waals surface area contributed by atoms with Crippen molar-refractivity contribution in [2.24, 2.45) is 5.73 Å². The van der Waals surface area contributed by atoms with Crippen LogP contribution in [0.25, 0.3) is 0 Å². The molecule has 66 valence electrons. The Balaban J connectivity index is 2.96. The van der Waals surface area contributed by atoms with Gasteiger partial charge in [-0.2, -0.15) is 0 Å². The van der Waals surface area contributed by atoms with E-state index in [1.165, 1.54) is 0 Å². The number of rotatable bonds is 2. The molecule has 0 aliphatic carbocycles. The van der Waals surface area contributed by atoms with E-state index in [2.05, 4.69) is 0 Å². The summed E-state index contributed by atoms with van der Waals surface area (Å²) < 4.78 is 0.779. The van der Waals surface area contributed by atoms with Crippen LogP contribution in [-0.4, -0.2) is 16.8 Å². The van der Waals surface area contributed by atoms with Gasteiger partial charge in [-0.1, -0.05) is 6.07 Å². The molecule has 1 aromatic carbocycles. The monoisotopic (exact) mass is 279 g/mol. The van der Waals surface area contributed by atoms with Crippen LogP contribution in [0.15, 0.2) is 18.2 Å². The zero-order chi connectivity index (χ0) is 9.14. The van der Waals surface area contributed by atoms with Crippen molar-refractivity contribution in [2.75, 3.05) is 6.61 Å². The first-order chi connectivity index (χ1) is 5.65. The topological polar surface area (TPSA) is 66.5 Å². The maximum Gasteiger partial charge on any atom is 0.129 e. The minimum atomic E-state index is -0.409. The molecule has 0 radical (unpaired) electrons. The number of benzene rings is 1. The number of hydrogen-bond donors (Lipinski definition) is 3. The molecule has 0 saturated heterocycles.